The van der Waals surface area contributed by atoms with Crippen LogP contribution < -0.4 is 10.1 Å². The molecular weight excluding hydrogens is 286 g/mol. The van der Waals surface area contributed by atoms with Crippen molar-refractivity contribution in [2.24, 2.45) is 0 Å². The highest BCUT2D eigenvalue weighted by molar-refractivity contribution is 5.43. The van der Waals surface area contributed by atoms with Gasteiger partial charge in [0.25, 0.3) is 0 Å². The summed E-state index contributed by atoms with van der Waals surface area (Å²) < 4.78 is 58.5. The Morgan fingerprint density at radius 2 is 2.00 bits per heavy atom. The molecule has 0 fully saturated rings. The highest BCUT2D eigenvalue weighted by Crippen LogP contribution is 2.40. The van der Waals surface area contributed by atoms with Crippen molar-refractivity contribution in [1.29, 1.82) is 0 Å². The van der Waals surface area contributed by atoms with Crippen molar-refractivity contribution in [3.8, 4) is 5.75 Å². The predicted octanol–water partition coefficient (Wildman–Crippen LogP) is 3.95. The van der Waals surface area contributed by atoms with Crippen LogP contribution in [0.2, 0.25) is 0 Å². The monoisotopic (exact) mass is 305 g/mol. The summed E-state index contributed by atoms with van der Waals surface area (Å²) in [7, 11) is 0. The van der Waals surface area contributed by atoms with E-state index in [1.54, 1.807) is 13.0 Å². The van der Waals surface area contributed by atoms with Crippen molar-refractivity contribution in [2.75, 3.05) is 6.54 Å². The third-order valence-corrected chi connectivity index (χ3v) is 3.50. The van der Waals surface area contributed by atoms with E-state index in [2.05, 4.69) is 5.32 Å². The SMILES string of the molecule is CCNC(c1ccc2c(c1)CC(C)(C)O2)C(F)(F)C(F)F. The highest BCUT2D eigenvalue weighted by Gasteiger charge is 2.49. The van der Waals surface area contributed by atoms with Gasteiger partial charge in [-0.25, -0.2) is 8.78 Å². The molecule has 1 aromatic rings. The lowest BCUT2D eigenvalue weighted by atomic mass is 9.95. The number of ether oxygens (including phenoxy) is 1. The molecule has 1 aliphatic heterocycles. The molecule has 1 aliphatic rings. The van der Waals surface area contributed by atoms with Crippen LogP contribution in [0, 0.1) is 0 Å². The summed E-state index contributed by atoms with van der Waals surface area (Å²) in [6.07, 6.45) is -3.16. The van der Waals surface area contributed by atoms with E-state index >= 15 is 0 Å². The van der Waals surface area contributed by atoms with E-state index in [0.717, 1.165) is 5.56 Å². The smallest absolute Gasteiger partial charge is 0.326 e. The number of alkyl halides is 4. The van der Waals surface area contributed by atoms with E-state index in [1.807, 2.05) is 13.8 Å². The van der Waals surface area contributed by atoms with Crippen LogP contribution in [0.3, 0.4) is 0 Å². The molecule has 0 aliphatic carbocycles. The number of rotatable bonds is 5. The van der Waals surface area contributed by atoms with E-state index < -0.39 is 24.0 Å². The molecular formula is C15H19F4NO. The van der Waals surface area contributed by atoms with Gasteiger partial charge in [-0.05, 0) is 37.6 Å². The van der Waals surface area contributed by atoms with Crippen LogP contribution in [-0.2, 0) is 6.42 Å². The van der Waals surface area contributed by atoms with Gasteiger partial charge < -0.3 is 10.1 Å². The van der Waals surface area contributed by atoms with E-state index in [4.69, 9.17) is 4.74 Å². The Labute approximate surface area is 121 Å². The maximum absolute atomic E-state index is 13.7. The fourth-order valence-electron chi connectivity index (χ4n) is 2.62. The maximum Gasteiger partial charge on any atom is 0.326 e. The van der Waals surface area contributed by atoms with Crippen LogP contribution in [0.4, 0.5) is 17.6 Å². The van der Waals surface area contributed by atoms with Gasteiger partial charge in [-0.15, -0.1) is 0 Å². The molecule has 1 N–H and O–H groups in total. The number of benzene rings is 1. The Hall–Kier alpha value is -1.30. The van der Waals surface area contributed by atoms with Crippen LogP contribution >= 0.6 is 0 Å². The van der Waals surface area contributed by atoms with E-state index in [-0.39, 0.29) is 12.1 Å². The quantitative estimate of drug-likeness (QED) is 0.832. The zero-order chi connectivity index (χ0) is 15.8. The van der Waals surface area contributed by atoms with Crippen molar-refractivity contribution in [3.63, 3.8) is 0 Å². The maximum atomic E-state index is 13.7. The number of fused-ring (bicyclic) bond motifs is 1. The molecule has 6 heteroatoms. The molecule has 2 nitrogen and oxygen atoms in total. The molecule has 1 heterocycles. The van der Waals surface area contributed by atoms with Crippen LogP contribution in [0.1, 0.15) is 37.9 Å². The van der Waals surface area contributed by atoms with Gasteiger partial charge in [-0.1, -0.05) is 19.1 Å². The summed E-state index contributed by atoms with van der Waals surface area (Å²) in [5.74, 6) is -3.50. The van der Waals surface area contributed by atoms with Crippen LogP contribution in [0.25, 0.3) is 0 Å². The molecule has 0 saturated carbocycles. The van der Waals surface area contributed by atoms with Crippen molar-refractivity contribution in [2.45, 2.75) is 51.2 Å². The molecule has 0 aromatic heterocycles. The second-order valence-corrected chi connectivity index (χ2v) is 5.87. The Morgan fingerprint density at radius 1 is 1.33 bits per heavy atom. The predicted molar refractivity (Wildman–Crippen MR) is 72.2 cm³/mol. The normalized spacial score (nSPS) is 18.5. The molecule has 0 radical (unpaired) electrons. The third-order valence-electron chi connectivity index (χ3n) is 3.50. The first-order valence-electron chi connectivity index (χ1n) is 6.88. The van der Waals surface area contributed by atoms with Gasteiger partial charge in [0.05, 0.1) is 0 Å². The lowest BCUT2D eigenvalue weighted by molar-refractivity contribution is -0.151. The van der Waals surface area contributed by atoms with Crippen LogP contribution in [0.5, 0.6) is 5.75 Å². The Bertz CT molecular complexity index is 516. The van der Waals surface area contributed by atoms with Gasteiger partial charge in [-0.2, -0.15) is 8.78 Å². The van der Waals surface area contributed by atoms with Gasteiger partial charge in [0.2, 0.25) is 0 Å². The number of hydrogen-bond donors (Lipinski definition) is 1. The van der Waals surface area contributed by atoms with Gasteiger partial charge in [0.1, 0.15) is 17.4 Å². The van der Waals surface area contributed by atoms with Crippen molar-refractivity contribution < 1.29 is 22.3 Å². The molecule has 1 unspecified atom stereocenters. The minimum Gasteiger partial charge on any atom is -0.487 e. The minimum atomic E-state index is -4.13. The standard InChI is InChI=1S/C15H19F4NO/c1-4-20-12(15(18,19)13(16)17)9-5-6-11-10(7-9)8-14(2,3)21-11/h5-7,12-13,20H,4,8H2,1-3H3. The largest absolute Gasteiger partial charge is 0.487 e. The first kappa shape index (κ1) is 16.1. The molecule has 1 atom stereocenters. The summed E-state index contributed by atoms with van der Waals surface area (Å²) in [4.78, 5) is 0. The summed E-state index contributed by atoms with van der Waals surface area (Å²) in [6.45, 7) is 5.56. The molecule has 21 heavy (non-hydrogen) atoms. The average molecular weight is 305 g/mol. The number of hydrogen-bond acceptors (Lipinski definition) is 2. The summed E-state index contributed by atoms with van der Waals surface area (Å²) in [5.41, 5.74) is 0.521. The topological polar surface area (TPSA) is 21.3 Å². The average Bonchev–Trinajstić information content (AvgIpc) is 2.68. The molecule has 2 rings (SSSR count). The minimum absolute atomic E-state index is 0.155. The van der Waals surface area contributed by atoms with E-state index in [0.29, 0.717) is 12.2 Å². The lowest BCUT2D eigenvalue weighted by Gasteiger charge is -2.27. The molecule has 0 amide bonds. The van der Waals surface area contributed by atoms with Crippen molar-refractivity contribution in [3.05, 3.63) is 29.3 Å². The Balaban J connectivity index is 2.36. The van der Waals surface area contributed by atoms with Crippen LogP contribution in [0.15, 0.2) is 18.2 Å². The molecule has 1 aromatic carbocycles. The second kappa shape index (κ2) is 5.48. The highest BCUT2D eigenvalue weighted by atomic mass is 19.3. The van der Waals surface area contributed by atoms with Crippen molar-refractivity contribution in [1.82, 2.24) is 5.32 Å². The van der Waals surface area contributed by atoms with Gasteiger partial charge in [-0.3, -0.25) is 0 Å². The van der Waals surface area contributed by atoms with Gasteiger partial charge in [0, 0.05) is 6.42 Å². The van der Waals surface area contributed by atoms with E-state index in [9.17, 15) is 17.6 Å². The molecule has 0 bridgehead atoms. The summed E-state index contributed by atoms with van der Waals surface area (Å²) in [5, 5.41) is 2.46. The molecule has 118 valence electrons. The molecule has 0 saturated heterocycles. The molecule has 0 spiro atoms. The summed E-state index contributed by atoms with van der Waals surface area (Å²) >= 11 is 0. The Morgan fingerprint density at radius 3 is 2.57 bits per heavy atom. The number of halogens is 4. The van der Waals surface area contributed by atoms with E-state index in [1.165, 1.54) is 12.1 Å². The first-order chi connectivity index (χ1) is 9.67. The summed E-state index contributed by atoms with van der Waals surface area (Å²) in [6, 6.07) is 2.82. The fraction of sp³-hybridized carbons (Fsp3) is 0.600. The van der Waals surface area contributed by atoms with Gasteiger partial charge in [0.15, 0.2) is 0 Å². The Kier molecular flexibility index (Phi) is 4.19. The zero-order valence-electron chi connectivity index (χ0n) is 12.2. The van der Waals surface area contributed by atoms with Gasteiger partial charge >= 0.3 is 12.3 Å². The van der Waals surface area contributed by atoms with Crippen LogP contribution in [-0.4, -0.2) is 24.5 Å². The first-order valence-corrected chi connectivity index (χ1v) is 6.88. The second-order valence-electron chi connectivity index (χ2n) is 5.87. The lowest BCUT2D eigenvalue weighted by Crippen LogP contribution is -2.42. The van der Waals surface area contributed by atoms with Crippen molar-refractivity contribution >= 4 is 0 Å². The third kappa shape index (κ3) is 3.15. The zero-order valence-corrected chi connectivity index (χ0v) is 12.2. The fourth-order valence-corrected chi connectivity index (χ4v) is 2.62. The number of nitrogens with one attached hydrogen (secondary N) is 1.